The van der Waals surface area contributed by atoms with Crippen molar-refractivity contribution in [3.8, 4) is 21.7 Å². The van der Waals surface area contributed by atoms with Gasteiger partial charge in [-0.2, -0.15) is 0 Å². The molecule has 3 heteroatoms. The van der Waals surface area contributed by atoms with Crippen molar-refractivity contribution in [2.24, 2.45) is 5.92 Å². The Labute approximate surface area is 223 Å². The Morgan fingerprint density at radius 3 is 2.49 bits per heavy atom. The molecular formula is C34H33NOS. The minimum atomic E-state index is 0.0324. The fourth-order valence-corrected chi connectivity index (χ4v) is 6.81. The number of furan rings is 1. The monoisotopic (exact) mass is 503 g/mol. The summed E-state index contributed by atoms with van der Waals surface area (Å²) in [6.45, 7) is 13.5. The summed E-state index contributed by atoms with van der Waals surface area (Å²) in [7, 11) is 0. The van der Waals surface area contributed by atoms with E-state index in [0.29, 0.717) is 5.92 Å². The first-order chi connectivity index (χ1) is 17.7. The van der Waals surface area contributed by atoms with Crippen molar-refractivity contribution in [2.45, 2.75) is 53.4 Å². The van der Waals surface area contributed by atoms with Crippen LogP contribution in [0.25, 0.3) is 53.5 Å². The summed E-state index contributed by atoms with van der Waals surface area (Å²) in [6.07, 6.45) is 3.01. The van der Waals surface area contributed by atoms with Gasteiger partial charge in [0.2, 0.25) is 0 Å². The molecule has 0 atom stereocenters. The number of thiophene rings is 1. The maximum atomic E-state index is 6.22. The molecule has 37 heavy (non-hydrogen) atoms. The van der Waals surface area contributed by atoms with Gasteiger partial charge in [0.1, 0.15) is 11.3 Å². The van der Waals surface area contributed by atoms with Crippen LogP contribution in [0.2, 0.25) is 0 Å². The first-order valence-corrected chi connectivity index (χ1v) is 14.0. The predicted octanol–water partition coefficient (Wildman–Crippen LogP) is 10.3. The molecular weight excluding hydrogens is 470 g/mol. The third-order valence-corrected chi connectivity index (χ3v) is 8.37. The van der Waals surface area contributed by atoms with Gasteiger partial charge in [0.25, 0.3) is 0 Å². The lowest BCUT2D eigenvalue weighted by molar-refractivity contribution is 0.580. The van der Waals surface area contributed by atoms with E-state index in [1.54, 1.807) is 0 Å². The molecule has 0 radical (unpaired) electrons. The van der Waals surface area contributed by atoms with Crippen LogP contribution < -0.4 is 0 Å². The zero-order chi connectivity index (χ0) is 25.9. The van der Waals surface area contributed by atoms with Gasteiger partial charge in [-0.3, -0.25) is 4.98 Å². The number of hydrogen-bond acceptors (Lipinski definition) is 3. The van der Waals surface area contributed by atoms with Gasteiger partial charge >= 0.3 is 0 Å². The van der Waals surface area contributed by atoms with E-state index in [-0.39, 0.29) is 5.41 Å². The van der Waals surface area contributed by atoms with Gasteiger partial charge in [-0.25, -0.2) is 0 Å². The SMILES string of the molecule is Cc1oc2ccc(CC(C)C)cc2c1-c1cc2ccnc(-c3cc(C(C)(C)C)c4ccccc4c3)c2s1. The molecule has 0 aliphatic rings. The Morgan fingerprint density at radius 2 is 1.70 bits per heavy atom. The lowest BCUT2D eigenvalue weighted by Gasteiger charge is -2.22. The van der Waals surface area contributed by atoms with E-state index >= 15 is 0 Å². The summed E-state index contributed by atoms with van der Waals surface area (Å²) >= 11 is 1.82. The van der Waals surface area contributed by atoms with E-state index in [4.69, 9.17) is 9.40 Å². The van der Waals surface area contributed by atoms with Crippen molar-refractivity contribution in [2.75, 3.05) is 0 Å². The highest BCUT2D eigenvalue weighted by molar-refractivity contribution is 7.22. The minimum Gasteiger partial charge on any atom is -0.461 e. The van der Waals surface area contributed by atoms with Crippen LogP contribution in [0.3, 0.4) is 0 Å². The molecule has 0 N–H and O–H groups in total. The van der Waals surface area contributed by atoms with Crippen molar-refractivity contribution >= 4 is 43.2 Å². The summed E-state index contributed by atoms with van der Waals surface area (Å²) in [6, 6.07) is 24.4. The maximum Gasteiger partial charge on any atom is 0.134 e. The highest BCUT2D eigenvalue weighted by atomic mass is 32.1. The molecule has 3 aromatic heterocycles. The second-order valence-electron chi connectivity index (χ2n) is 11.6. The summed E-state index contributed by atoms with van der Waals surface area (Å²) in [5.74, 6) is 1.59. The molecule has 3 heterocycles. The minimum absolute atomic E-state index is 0.0324. The van der Waals surface area contributed by atoms with Crippen molar-refractivity contribution in [1.82, 2.24) is 4.98 Å². The fraction of sp³-hybridized carbons (Fsp3) is 0.265. The van der Waals surface area contributed by atoms with E-state index in [1.165, 1.54) is 53.4 Å². The summed E-state index contributed by atoms with van der Waals surface area (Å²) in [5, 5.41) is 5.00. The van der Waals surface area contributed by atoms with E-state index in [9.17, 15) is 0 Å². The number of aryl methyl sites for hydroxylation is 1. The van der Waals surface area contributed by atoms with Crippen LogP contribution >= 0.6 is 11.3 Å². The topological polar surface area (TPSA) is 26.0 Å². The van der Waals surface area contributed by atoms with Crippen LogP contribution in [-0.4, -0.2) is 4.98 Å². The van der Waals surface area contributed by atoms with Gasteiger partial charge < -0.3 is 4.42 Å². The molecule has 186 valence electrons. The van der Waals surface area contributed by atoms with Crippen LogP contribution in [0.5, 0.6) is 0 Å². The molecule has 0 amide bonds. The second-order valence-corrected chi connectivity index (χ2v) is 12.7. The molecule has 0 bridgehead atoms. The Bertz CT molecular complexity index is 1780. The molecule has 0 aliphatic heterocycles. The van der Waals surface area contributed by atoms with Crippen molar-refractivity contribution in [3.05, 3.63) is 89.8 Å². The molecule has 6 aromatic rings. The zero-order valence-electron chi connectivity index (χ0n) is 22.5. The van der Waals surface area contributed by atoms with Crippen LogP contribution in [0.1, 0.15) is 51.5 Å². The lowest BCUT2D eigenvalue weighted by atomic mass is 9.82. The normalized spacial score (nSPS) is 12.4. The van der Waals surface area contributed by atoms with E-state index in [0.717, 1.165) is 23.5 Å². The fourth-order valence-electron chi connectivity index (χ4n) is 5.53. The molecule has 0 saturated carbocycles. The van der Waals surface area contributed by atoms with Crippen LogP contribution in [0.15, 0.2) is 77.3 Å². The third kappa shape index (κ3) is 4.26. The molecule has 0 saturated heterocycles. The van der Waals surface area contributed by atoms with E-state index in [1.807, 2.05) is 17.5 Å². The third-order valence-electron chi connectivity index (χ3n) is 7.20. The number of pyridine rings is 1. The number of aromatic nitrogens is 1. The first kappa shape index (κ1) is 23.9. The second kappa shape index (κ2) is 8.85. The first-order valence-electron chi connectivity index (χ1n) is 13.1. The van der Waals surface area contributed by atoms with Crippen LogP contribution in [-0.2, 0) is 11.8 Å². The lowest BCUT2D eigenvalue weighted by Crippen LogP contribution is -2.12. The molecule has 0 fully saturated rings. The Hall–Kier alpha value is -3.43. The number of nitrogens with zero attached hydrogens (tertiary/aromatic N) is 1. The average molecular weight is 504 g/mol. The van der Waals surface area contributed by atoms with Gasteiger partial charge in [-0.1, -0.05) is 65.0 Å². The molecule has 0 spiro atoms. The predicted molar refractivity (Wildman–Crippen MR) is 160 cm³/mol. The van der Waals surface area contributed by atoms with Gasteiger partial charge in [0.15, 0.2) is 0 Å². The van der Waals surface area contributed by atoms with Crippen molar-refractivity contribution in [3.63, 3.8) is 0 Å². The molecule has 2 nitrogen and oxygen atoms in total. The molecule has 0 unspecified atom stereocenters. The van der Waals surface area contributed by atoms with E-state index < -0.39 is 0 Å². The highest BCUT2D eigenvalue weighted by Gasteiger charge is 2.21. The maximum absolute atomic E-state index is 6.22. The quantitative estimate of drug-likeness (QED) is 0.239. The Kier molecular flexibility index (Phi) is 5.72. The largest absolute Gasteiger partial charge is 0.461 e. The summed E-state index contributed by atoms with van der Waals surface area (Å²) < 4.78 is 7.44. The highest BCUT2D eigenvalue weighted by Crippen LogP contribution is 2.44. The van der Waals surface area contributed by atoms with Crippen LogP contribution in [0.4, 0.5) is 0 Å². The molecule has 6 rings (SSSR count). The van der Waals surface area contributed by atoms with Crippen molar-refractivity contribution in [1.29, 1.82) is 0 Å². The van der Waals surface area contributed by atoms with E-state index in [2.05, 4.69) is 108 Å². The molecule has 0 aliphatic carbocycles. The summed E-state index contributed by atoms with van der Waals surface area (Å²) in [4.78, 5) is 6.16. The summed E-state index contributed by atoms with van der Waals surface area (Å²) in [5.41, 5.74) is 7.14. The van der Waals surface area contributed by atoms with Crippen molar-refractivity contribution < 1.29 is 4.42 Å². The van der Waals surface area contributed by atoms with Gasteiger partial charge in [-0.05, 0) is 88.4 Å². The smallest absolute Gasteiger partial charge is 0.134 e. The standard InChI is InChI=1S/C34H33NOS/c1-20(2)15-22-11-12-29-27(16-22)31(21(3)36-29)30-19-24-13-14-35-32(33(24)37-30)25-17-23-9-7-8-10-26(23)28(18-25)34(4,5)6/h7-14,16-20H,15H2,1-6H3. The molecule has 3 aromatic carbocycles. The van der Waals surface area contributed by atoms with Gasteiger partial charge in [-0.15, -0.1) is 11.3 Å². The number of rotatable bonds is 4. The van der Waals surface area contributed by atoms with Gasteiger partial charge in [0, 0.05) is 27.6 Å². The van der Waals surface area contributed by atoms with Gasteiger partial charge in [0.05, 0.1) is 10.4 Å². The number of benzene rings is 3. The number of fused-ring (bicyclic) bond motifs is 3. The zero-order valence-corrected chi connectivity index (χ0v) is 23.3. The number of hydrogen-bond donors (Lipinski definition) is 0. The average Bonchev–Trinajstić information content (AvgIpc) is 3.41. The van der Waals surface area contributed by atoms with Crippen LogP contribution in [0, 0.1) is 12.8 Å². The Morgan fingerprint density at radius 1 is 0.892 bits per heavy atom. The Balaban J connectivity index is 1.55.